The van der Waals surface area contributed by atoms with E-state index >= 15 is 0 Å². The van der Waals surface area contributed by atoms with E-state index in [2.05, 4.69) is 9.50 Å². The third-order valence-corrected chi connectivity index (χ3v) is 2.67. The van der Waals surface area contributed by atoms with Crippen LogP contribution in [-0.4, -0.2) is 8.76 Å². The largest absolute Gasteiger partial charge is 0.740 e. The molecule has 2 rings (SSSR count). The molecule has 7 heteroatoms. The van der Waals surface area contributed by atoms with Gasteiger partial charge in [0.15, 0.2) is 5.75 Å². The second-order valence-corrected chi connectivity index (χ2v) is 4.36. The Morgan fingerprint density at radius 1 is 1.05 bits per heavy atom. The van der Waals surface area contributed by atoms with Gasteiger partial charge in [0.1, 0.15) is 11.4 Å². The van der Waals surface area contributed by atoms with Gasteiger partial charge in [-0.3, -0.25) is 0 Å². The average Bonchev–Trinajstić information content (AvgIpc) is 2.34. The molecule has 0 fully saturated rings. The number of rotatable bonds is 4. The standard InChI is InChI=1S/C12H13N3O3S/c13-8-1-4-10(5-2-8)15-11-6-3-9(14)7-12(11)18-19(16)17/h1-7,15H,13-14H2,(H,16,17)/p-1. The number of anilines is 4. The Morgan fingerprint density at radius 2 is 1.68 bits per heavy atom. The quantitative estimate of drug-likeness (QED) is 0.580. The summed E-state index contributed by atoms with van der Waals surface area (Å²) in [5.74, 6) is 0.130. The maximum absolute atomic E-state index is 10.6. The highest BCUT2D eigenvalue weighted by Gasteiger charge is 2.05. The lowest BCUT2D eigenvalue weighted by atomic mass is 10.2. The number of benzene rings is 2. The van der Waals surface area contributed by atoms with Crippen LogP contribution >= 0.6 is 0 Å². The minimum absolute atomic E-state index is 0.130. The van der Waals surface area contributed by atoms with E-state index in [1.165, 1.54) is 6.07 Å². The zero-order valence-corrected chi connectivity index (χ0v) is 10.6. The van der Waals surface area contributed by atoms with Crippen LogP contribution in [0.4, 0.5) is 22.7 Å². The molecule has 19 heavy (non-hydrogen) atoms. The van der Waals surface area contributed by atoms with Crippen molar-refractivity contribution in [2.75, 3.05) is 16.8 Å². The molecule has 0 aliphatic rings. The van der Waals surface area contributed by atoms with Crippen LogP contribution in [0.25, 0.3) is 0 Å². The van der Waals surface area contributed by atoms with Gasteiger partial charge in [0.25, 0.3) is 0 Å². The van der Waals surface area contributed by atoms with E-state index in [1.54, 1.807) is 36.4 Å². The van der Waals surface area contributed by atoms with Crippen LogP contribution in [0.5, 0.6) is 5.75 Å². The zero-order chi connectivity index (χ0) is 13.8. The van der Waals surface area contributed by atoms with E-state index in [9.17, 15) is 8.76 Å². The van der Waals surface area contributed by atoms with Crippen molar-refractivity contribution < 1.29 is 12.9 Å². The summed E-state index contributed by atoms with van der Waals surface area (Å²) < 4.78 is 25.9. The summed E-state index contributed by atoms with van der Waals surface area (Å²) in [6.07, 6.45) is 0. The lowest BCUT2D eigenvalue weighted by Crippen LogP contribution is -2.02. The van der Waals surface area contributed by atoms with Gasteiger partial charge < -0.3 is 25.5 Å². The summed E-state index contributed by atoms with van der Waals surface area (Å²) in [4.78, 5) is 0. The maximum atomic E-state index is 10.6. The van der Waals surface area contributed by atoms with Crippen molar-refractivity contribution in [1.82, 2.24) is 0 Å². The van der Waals surface area contributed by atoms with Crippen molar-refractivity contribution in [2.45, 2.75) is 0 Å². The molecule has 0 bridgehead atoms. The molecule has 0 radical (unpaired) electrons. The van der Waals surface area contributed by atoms with Crippen molar-refractivity contribution >= 4 is 34.1 Å². The molecular formula is C12H12N3O3S-. The maximum Gasteiger partial charge on any atom is 0.164 e. The minimum Gasteiger partial charge on any atom is -0.740 e. The predicted octanol–water partition coefficient (Wildman–Crippen LogP) is 1.77. The molecule has 2 aromatic rings. The van der Waals surface area contributed by atoms with Gasteiger partial charge in [0, 0.05) is 23.1 Å². The van der Waals surface area contributed by atoms with Gasteiger partial charge in [-0.1, -0.05) is 0 Å². The van der Waals surface area contributed by atoms with Crippen molar-refractivity contribution in [3.8, 4) is 5.75 Å². The highest BCUT2D eigenvalue weighted by Crippen LogP contribution is 2.30. The second-order valence-electron chi connectivity index (χ2n) is 3.79. The van der Waals surface area contributed by atoms with Crippen molar-refractivity contribution in [3.05, 3.63) is 42.5 Å². The van der Waals surface area contributed by atoms with E-state index in [0.717, 1.165) is 5.69 Å². The fraction of sp³-hybridized carbons (Fsp3) is 0. The number of nitrogen functional groups attached to an aromatic ring is 2. The van der Waals surface area contributed by atoms with Gasteiger partial charge in [-0.25, -0.2) is 4.21 Å². The first kappa shape index (κ1) is 13.2. The molecule has 0 saturated carbocycles. The molecule has 0 aliphatic carbocycles. The fourth-order valence-corrected chi connectivity index (χ4v) is 1.79. The van der Waals surface area contributed by atoms with Crippen LogP contribution in [0, 0.1) is 0 Å². The first-order chi connectivity index (χ1) is 9.04. The number of hydrogen-bond donors (Lipinski definition) is 3. The SMILES string of the molecule is Nc1ccc(Nc2ccc(N)cc2OS(=O)[O-])cc1. The number of nitrogens with one attached hydrogen (secondary N) is 1. The summed E-state index contributed by atoms with van der Waals surface area (Å²) in [7, 11) is 0. The smallest absolute Gasteiger partial charge is 0.164 e. The molecule has 0 amide bonds. The Morgan fingerprint density at radius 3 is 2.32 bits per heavy atom. The van der Waals surface area contributed by atoms with Gasteiger partial charge in [-0.15, -0.1) is 0 Å². The molecule has 100 valence electrons. The van der Waals surface area contributed by atoms with E-state index in [4.69, 9.17) is 11.5 Å². The summed E-state index contributed by atoms with van der Waals surface area (Å²) in [6, 6.07) is 11.7. The average molecular weight is 278 g/mol. The Bertz CT molecular complexity index is 602. The van der Waals surface area contributed by atoms with Crippen LogP contribution in [-0.2, 0) is 11.4 Å². The lowest BCUT2D eigenvalue weighted by Gasteiger charge is -2.14. The molecule has 0 saturated heterocycles. The number of hydrogen-bond acceptors (Lipinski definition) is 6. The first-order valence-electron chi connectivity index (χ1n) is 5.34. The fourth-order valence-electron chi connectivity index (χ4n) is 1.51. The van der Waals surface area contributed by atoms with Gasteiger partial charge in [0.2, 0.25) is 0 Å². The molecule has 0 spiro atoms. The molecule has 1 atom stereocenters. The summed E-state index contributed by atoms with van der Waals surface area (Å²) in [5, 5.41) is 3.02. The molecular weight excluding hydrogens is 266 g/mol. The highest BCUT2D eigenvalue weighted by atomic mass is 32.2. The van der Waals surface area contributed by atoms with E-state index < -0.39 is 11.4 Å². The van der Waals surface area contributed by atoms with E-state index in [1.807, 2.05) is 0 Å². The van der Waals surface area contributed by atoms with Crippen molar-refractivity contribution in [1.29, 1.82) is 0 Å². The summed E-state index contributed by atoms with van der Waals surface area (Å²) in [5.41, 5.74) is 13.5. The zero-order valence-electron chi connectivity index (χ0n) is 9.83. The Balaban J connectivity index is 2.28. The van der Waals surface area contributed by atoms with Crippen LogP contribution in [0.15, 0.2) is 42.5 Å². The lowest BCUT2D eigenvalue weighted by molar-refractivity contribution is 0.441. The molecule has 1 unspecified atom stereocenters. The molecule has 0 aromatic heterocycles. The Kier molecular flexibility index (Phi) is 3.88. The van der Waals surface area contributed by atoms with Crippen molar-refractivity contribution in [3.63, 3.8) is 0 Å². The van der Waals surface area contributed by atoms with Crippen molar-refractivity contribution in [2.24, 2.45) is 0 Å². The van der Waals surface area contributed by atoms with Crippen LogP contribution < -0.4 is 21.0 Å². The van der Waals surface area contributed by atoms with E-state index in [0.29, 0.717) is 17.1 Å². The van der Waals surface area contributed by atoms with Gasteiger partial charge >= 0.3 is 0 Å². The number of nitrogens with two attached hydrogens (primary N) is 2. The summed E-state index contributed by atoms with van der Waals surface area (Å²) >= 11 is -2.66. The molecule has 0 aliphatic heterocycles. The van der Waals surface area contributed by atoms with Gasteiger partial charge in [0.05, 0.1) is 5.69 Å². The molecule has 6 nitrogen and oxygen atoms in total. The highest BCUT2D eigenvalue weighted by molar-refractivity contribution is 7.74. The predicted molar refractivity (Wildman–Crippen MR) is 74.5 cm³/mol. The van der Waals surface area contributed by atoms with Crippen LogP contribution in [0.3, 0.4) is 0 Å². The normalized spacial score (nSPS) is 11.8. The van der Waals surface area contributed by atoms with Crippen LogP contribution in [0.2, 0.25) is 0 Å². The third kappa shape index (κ3) is 3.60. The Labute approximate surface area is 112 Å². The molecule has 0 heterocycles. The monoisotopic (exact) mass is 278 g/mol. The first-order valence-corrected chi connectivity index (χ1v) is 6.34. The third-order valence-electron chi connectivity index (χ3n) is 2.35. The van der Waals surface area contributed by atoms with Crippen LogP contribution in [0.1, 0.15) is 0 Å². The second kappa shape index (κ2) is 5.59. The van der Waals surface area contributed by atoms with Gasteiger partial charge in [-0.2, -0.15) is 0 Å². The molecule has 2 aromatic carbocycles. The molecule has 5 N–H and O–H groups in total. The Hall–Kier alpha value is -2.25. The van der Waals surface area contributed by atoms with E-state index in [-0.39, 0.29) is 5.75 Å². The minimum atomic E-state index is -2.66. The summed E-state index contributed by atoms with van der Waals surface area (Å²) in [6.45, 7) is 0. The van der Waals surface area contributed by atoms with Gasteiger partial charge in [-0.05, 0) is 36.4 Å². The topological polar surface area (TPSA) is 113 Å².